The van der Waals surface area contributed by atoms with E-state index in [2.05, 4.69) is 10.3 Å². The van der Waals surface area contributed by atoms with Crippen LogP contribution in [0.5, 0.6) is 0 Å². The third-order valence-corrected chi connectivity index (χ3v) is 4.43. The molecule has 0 atom stereocenters. The number of rotatable bonds is 7. The molecule has 3 aromatic rings. The topological polar surface area (TPSA) is 91.3 Å². The first kappa shape index (κ1) is 20.2. The van der Waals surface area contributed by atoms with Crippen molar-refractivity contribution in [1.29, 1.82) is 0 Å². The molecule has 29 heavy (non-hydrogen) atoms. The van der Waals surface area contributed by atoms with Gasteiger partial charge >= 0.3 is 0 Å². The Bertz CT molecular complexity index is 1030. The zero-order valence-electron chi connectivity index (χ0n) is 16.1. The quantitative estimate of drug-likeness (QED) is 0.471. The van der Waals surface area contributed by atoms with Crippen LogP contribution < -0.4 is 5.32 Å². The van der Waals surface area contributed by atoms with E-state index in [1.54, 1.807) is 36.4 Å². The highest BCUT2D eigenvalue weighted by atomic mass is 19.1. The number of nitro benzene ring substituents is 1. The molecule has 0 aliphatic carbocycles. The molecule has 0 fully saturated rings. The third-order valence-electron chi connectivity index (χ3n) is 4.43. The molecule has 1 aromatic heterocycles. The number of para-hydroxylation sites is 1. The molecule has 0 spiro atoms. The Morgan fingerprint density at radius 1 is 1.17 bits per heavy atom. The van der Waals surface area contributed by atoms with Crippen LogP contribution in [0.1, 0.15) is 10.4 Å². The lowest BCUT2D eigenvalue weighted by Gasteiger charge is -2.10. The van der Waals surface area contributed by atoms with E-state index >= 15 is 0 Å². The minimum atomic E-state index is -0.485. The van der Waals surface area contributed by atoms with E-state index in [4.69, 9.17) is 0 Å². The molecule has 3 rings (SSSR count). The molecule has 2 aromatic carbocycles. The highest BCUT2D eigenvalue weighted by molar-refractivity contribution is 6.02. The van der Waals surface area contributed by atoms with Crippen LogP contribution in [-0.4, -0.2) is 47.9 Å². The van der Waals surface area contributed by atoms with Crippen molar-refractivity contribution in [3.63, 3.8) is 0 Å². The molecule has 0 bridgehead atoms. The van der Waals surface area contributed by atoms with Gasteiger partial charge < -0.3 is 15.2 Å². The second-order valence-corrected chi connectivity index (χ2v) is 6.81. The maximum absolute atomic E-state index is 13.3. The van der Waals surface area contributed by atoms with E-state index in [0.717, 1.165) is 0 Å². The molecule has 1 amide bonds. The van der Waals surface area contributed by atoms with Gasteiger partial charge in [-0.1, -0.05) is 12.1 Å². The van der Waals surface area contributed by atoms with E-state index in [1.807, 2.05) is 19.0 Å². The first-order valence-electron chi connectivity index (χ1n) is 9.02. The first-order chi connectivity index (χ1) is 13.9. The number of carbonyl (C=O) groups is 1. The predicted octanol–water partition coefficient (Wildman–Crippen LogP) is 3.69. The van der Waals surface area contributed by atoms with Crippen molar-refractivity contribution in [2.75, 3.05) is 27.2 Å². The average Bonchev–Trinajstić information content (AvgIpc) is 3.13. The van der Waals surface area contributed by atoms with Gasteiger partial charge in [-0.05, 0) is 56.1 Å². The van der Waals surface area contributed by atoms with Crippen LogP contribution in [0.4, 0.5) is 10.1 Å². The van der Waals surface area contributed by atoms with Gasteiger partial charge in [0.1, 0.15) is 5.82 Å². The molecule has 1 heterocycles. The van der Waals surface area contributed by atoms with Gasteiger partial charge in [-0.3, -0.25) is 14.9 Å². The molecule has 7 nitrogen and oxygen atoms in total. The number of likely N-dealkylation sites (N-methyl/N-ethyl adjacent to an activating group) is 1. The minimum absolute atomic E-state index is 0.109. The Labute approximate surface area is 167 Å². The fourth-order valence-corrected chi connectivity index (χ4v) is 2.96. The van der Waals surface area contributed by atoms with Crippen LogP contribution in [-0.2, 0) is 0 Å². The Hall–Kier alpha value is -3.52. The Balaban J connectivity index is 2.07. The standard InChI is InChI=1S/C21H21FN4O3/c1-25(2)12-11-23-21(27)17-13-18(14-7-9-15(22)10-8-14)24-20(17)16-5-3-4-6-19(16)26(28)29/h3-10,13,24H,11-12H2,1-2H3,(H,23,27). The number of aromatic nitrogens is 1. The third kappa shape index (κ3) is 4.67. The highest BCUT2D eigenvalue weighted by Crippen LogP contribution is 2.34. The summed E-state index contributed by atoms with van der Waals surface area (Å²) in [4.78, 5) is 28.9. The van der Waals surface area contributed by atoms with Gasteiger partial charge in [0, 0.05) is 24.8 Å². The van der Waals surface area contributed by atoms with E-state index in [0.29, 0.717) is 35.6 Å². The van der Waals surface area contributed by atoms with Crippen molar-refractivity contribution in [1.82, 2.24) is 15.2 Å². The fraction of sp³-hybridized carbons (Fsp3) is 0.190. The maximum Gasteiger partial charge on any atom is 0.278 e. The number of hydrogen-bond acceptors (Lipinski definition) is 4. The van der Waals surface area contributed by atoms with Gasteiger partial charge in [0.2, 0.25) is 0 Å². The van der Waals surface area contributed by atoms with Crippen molar-refractivity contribution < 1.29 is 14.1 Å². The van der Waals surface area contributed by atoms with Crippen molar-refractivity contribution in [2.45, 2.75) is 0 Å². The first-order valence-corrected chi connectivity index (χ1v) is 9.02. The lowest BCUT2D eigenvalue weighted by Crippen LogP contribution is -2.31. The van der Waals surface area contributed by atoms with Crippen LogP contribution in [0, 0.1) is 15.9 Å². The molecule has 150 valence electrons. The summed E-state index contributed by atoms with van der Waals surface area (Å²) in [6.45, 7) is 1.08. The van der Waals surface area contributed by atoms with E-state index < -0.39 is 4.92 Å². The van der Waals surface area contributed by atoms with Crippen LogP contribution in [0.25, 0.3) is 22.5 Å². The number of aromatic amines is 1. The summed E-state index contributed by atoms with van der Waals surface area (Å²) in [5.74, 6) is -0.717. The van der Waals surface area contributed by atoms with Gasteiger partial charge in [-0.2, -0.15) is 0 Å². The van der Waals surface area contributed by atoms with Gasteiger partial charge in [-0.25, -0.2) is 4.39 Å². The molecule has 0 radical (unpaired) electrons. The van der Waals surface area contributed by atoms with Crippen molar-refractivity contribution in [2.24, 2.45) is 0 Å². The normalized spacial score (nSPS) is 10.9. The van der Waals surface area contributed by atoms with Crippen molar-refractivity contribution in [3.8, 4) is 22.5 Å². The second-order valence-electron chi connectivity index (χ2n) is 6.81. The average molecular weight is 396 g/mol. The molecule has 0 unspecified atom stereocenters. The maximum atomic E-state index is 13.3. The van der Waals surface area contributed by atoms with Crippen LogP contribution >= 0.6 is 0 Å². The van der Waals surface area contributed by atoms with Crippen LogP contribution in [0.2, 0.25) is 0 Å². The molecule has 0 saturated heterocycles. The van der Waals surface area contributed by atoms with E-state index in [-0.39, 0.29) is 23.0 Å². The minimum Gasteiger partial charge on any atom is -0.354 e. The lowest BCUT2D eigenvalue weighted by atomic mass is 10.1. The van der Waals surface area contributed by atoms with Gasteiger partial charge in [-0.15, -0.1) is 0 Å². The number of nitro groups is 1. The summed E-state index contributed by atoms with van der Waals surface area (Å²) in [6.07, 6.45) is 0. The number of benzene rings is 2. The fourth-order valence-electron chi connectivity index (χ4n) is 2.96. The molecule has 2 N–H and O–H groups in total. The summed E-state index contributed by atoms with van der Waals surface area (Å²) in [6, 6.07) is 13.7. The van der Waals surface area contributed by atoms with Crippen molar-refractivity contribution in [3.05, 3.63) is 76.1 Å². The molecule has 0 aliphatic heterocycles. The Kier molecular flexibility index (Phi) is 6.04. The number of nitrogens with zero attached hydrogens (tertiary/aromatic N) is 2. The zero-order chi connectivity index (χ0) is 21.0. The number of nitrogens with one attached hydrogen (secondary N) is 2. The molecule has 8 heteroatoms. The Morgan fingerprint density at radius 3 is 2.52 bits per heavy atom. The summed E-state index contributed by atoms with van der Waals surface area (Å²) in [5, 5.41) is 14.3. The predicted molar refractivity (Wildman–Crippen MR) is 109 cm³/mol. The van der Waals surface area contributed by atoms with Gasteiger partial charge in [0.15, 0.2) is 0 Å². The smallest absolute Gasteiger partial charge is 0.278 e. The number of halogens is 1. The molecule has 0 aliphatic rings. The Morgan fingerprint density at radius 2 is 1.86 bits per heavy atom. The highest BCUT2D eigenvalue weighted by Gasteiger charge is 2.23. The largest absolute Gasteiger partial charge is 0.354 e. The number of amides is 1. The number of carbonyl (C=O) groups excluding carboxylic acids is 1. The van der Waals surface area contributed by atoms with E-state index in [1.165, 1.54) is 18.2 Å². The van der Waals surface area contributed by atoms with Crippen LogP contribution in [0.15, 0.2) is 54.6 Å². The van der Waals surface area contributed by atoms with E-state index in [9.17, 15) is 19.3 Å². The van der Waals surface area contributed by atoms with Gasteiger partial charge in [0.25, 0.3) is 11.6 Å². The summed E-state index contributed by atoms with van der Waals surface area (Å²) < 4.78 is 13.3. The number of H-pyrrole nitrogens is 1. The second kappa shape index (κ2) is 8.66. The molecular formula is C21H21FN4O3. The monoisotopic (exact) mass is 396 g/mol. The summed E-state index contributed by atoms with van der Waals surface area (Å²) in [7, 11) is 3.79. The summed E-state index contributed by atoms with van der Waals surface area (Å²) in [5.41, 5.74) is 2.07. The van der Waals surface area contributed by atoms with Crippen LogP contribution in [0.3, 0.4) is 0 Å². The number of hydrogen-bond donors (Lipinski definition) is 2. The van der Waals surface area contributed by atoms with Crippen molar-refractivity contribution >= 4 is 11.6 Å². The zero-order valence-corrected chi connectivity index (χ0v) is 16.1. The summed E-state index contributed by atoms with van der Waals surface area (Å²) >= 11 is 0. The molecular weight excluding hydrogens is 375 g/mol. The van der Waals surface area contributed by atoms with Gasteiger partial charge in [0.05, 0.1) is 21.7 Å². The lowest BCUT2D eigenvalue weighted by molar-refractivity contribution is -0.384. The molecule has 0 saturated carbocycles. The SMILES string of the molecule is CN(C)CCNC(=O)c1cc(-c2ccc(F)cc2)[nH]c1-c1ccccc1[N+](=O)[O-].